The number of piperidine rings is 1. The molecule has 0 spiro atoms. The lowest BCUT2D eigenvalue weighted by Crippen LogP contribution is -2.34. The number of esters is 1. The van der Waals surface area contributed by atoms with E-state index in [-0.39, 0.29) is 5.97 Å². The van der Waals surface area contributed by atoms with Crippen molar-refractivity contribution in [2.45, 2.75) is 38.5 Å². The van der Waals surface area contributed by atoms with E-state index in [0.29, 0.717) is 18.9 Å². The Labute approximate surface area is 132 Å². The summed E-state index contributed by atoms with van der Waals surface area (Å²) in [5.74, 6) is 0.489. The summed E-state index contributed by atoms with van der Waals surface area (Å²) in [4.78, 5) is 13.7. The Morgan fingerprint density at radius 3 is 2.71 bits per heavy atom. The van der Waals surface area contributed by atoms with Gasteiger partial charge in [0.2, 0.25) is 0 Å². The molecular weight excluding hydrogens is 286 g/mol. The van der Waals surface area contributed by atoms with Gasteiger partial charge < -0.3 is 9.64 Å². The molecule has 0 aromatic heterocycles. The van der Waals surface area contributed by atoms with Gasteiger partial charge in [0.1, 0.15) is 0 Å². The van der Waals surface area contributed by atoms with Crippen LogP contribution in [0.4, 0.5) is 0 Å². The van der Waals surface area contributed by atoms with Crippen LogP contribution in [0, 0.1) is 0 Å². The number of halogens is 1. The van der Waals surface area contributed by atoms with Crippen LogP contribution in [-0.2, 0) is 9.53 Å². The molecule has 1 heterocycles. The van der Waals surface area contributed by atoms with Crippen LogP contribution >= 0.6 is 11.6 Å². The molecule has 1 saturated heterocycles. The third kappa shape index (κ3) is 5.01. The molecular formula is C17H24ClNO2. The van der Waals surface area contributed by atoms with E-state index in [1.807, 2.05) is 19.1 Å². The standard InChI is InChI=1S/C17H24ClNO2/c1-2-21-17(20)8-5-11-19-12-9-14(10-13-19)15-6-3-4-7-16(15)18/h3-4,6-7,14H,2,5,8-13H2,1H3. The number of likely N-dealkylation sites (tertiary alicyclic amines) is 1. The summed E-state index contributed by atoms with van der Waals surface area (Å²) in [7, 11) is 0. The Bertz CT molecular complexity index is 456. The Balaban J connectivity index is 1.71. The highest BCUT2D eigenvalue weighted by atomic mass is 35.5. The highest BCUT2D eigenvalue weighted by Gasteiger charge is 2.21. The first-order valence-corrected chi connectivity index (χ1v) is 8.21. The van der Waals surface area contributed by atoms with Crippen LogP contribution in [-0.4, -0.2) is 37.1 Å². The molecule has 116 valence electrons. The van der Waals surface area contributed by atoms with Gasteiger partial charge in [0.05, 0.1) is 6.61 Å². The van der Waals surface area contributed by atoms with E-state index in [1.54, 1.807) is 0 Å². The van der Waals surface area contributed by atoms with Crippen molar-refractivity contribution in [1.29, 1.82) is 0 Å². The fourth-order valence-corrected chi connectivity index (χ4v) is 3.24. The maximum Gasteiger partial charge on any atom is 0.305 e. The zero-order valence-electron chi connectivity index (χ0n) is 12.7. The number of benzene rings is 1. The first-order chi connectivity index (χ1) is 10.2. The normalized spacial score (nSPS) is 16.9. The number of carbonyl (C=O) groups is 1. The van der Waals surface area contributed by atoms with Crippen LogP contribution in [0.25, 0.3) is 0 Å². The largest absolute Gasteiger partial charge is 0.466 e. The lowest BCUT2D eigenvalue weighted by molar-refractivity contribution is -0.143. The SMILES string of the molecule is CCOC(=O)CCCN1CCC(c2ccccc2Cl)CC1. The predicted molar refractivity (Wildman–Crippen MR) is 85.7 cm³/mol. The Kier molecular flexibility index (Phi) is 6.52. The zero-order valence-corrected chi connectivity index (χ0v) is 13.4. The quantitative estimate of drug-likeness (QED) is 0.747. The molecule has 1 aliphatic rings. The highest BCUT2D eigenvalue weighted by molar-refractivity contribution is 6.31. The molecule has 0 radical (unpaired) electrons. The summed E-state index contributed by atoms with van der Waals surface area (Å²) < 4.78 is 4.95. The van der Waals surface area contributed by atoms with E-state index in [1.165, 1.54) is 5.56 Å². The molecule has 0 aliphatic carbocycles. The van der Waals surface area contributed by atoms with Crippen molar-refractivity contribution in [3.8, 4) is 0 Å². The number of ether oxygens (including phenoxy) is 1. The van der Waals surface area contributed by atoms with Gasteiger partial charge in [0.25, 0.3) is 0 Å². The van der Waals surface area contributed by atoms with Gasteiger partial charge in [-0.05, 0) is 63.4 Å². The Morgan fingerprint density at radius 2 is 2.05 bits per heavy atom. The summed E-state index contributed by atoms with van der Waals surface area (Å²) >= 11 is 6.28. The number of hydrogen-bond acceptors (Lipinski definition) is 3. The lowest BCUT2D eigenvalue weighted by Gasteiger charge is -2.32. The van der Waals surface area contributed by atoms with E-state index in [2.05, 4.69) is 17.0 Å². The second-order valence-corrected chi connectivity index (χ2v) is 5.95. The number of hydrogen-bond donors (Lipinski definition) is 0. The third-order valence-corrected chi connectivity index (χ3v) is 4.44. The summed E-state index contributed by atoms with van der Waals surface area (Å²) in [6.07, 6.45) is 3.69. The molecule has 21 heavy (non-hydrogen) atoms. The zero-order chi connectivity index (χ0) is 15.1. The molecule has 0 atom stereocenters. The average Bonchev–Trinajstić information content (AvgIpc) is 2.49. The molecule has 0 N–H and O–H groups in total. The average molecular weight is 310 g/mol. The van der Waals surface area contributed by atoms with Crippen LogP contribution in [0.3, 0.4) is 0 Å². The third-order valence-electron chi connectivity index (χ3n) is 4.09. The Hall–Kier alpha value is -1.06. The Morgan fingerprint density at radius 1 is 1.33 bits per heavy atom. The van der Waals surface area contributed by atoms with Crippen LogP contribution < -0.4 is 0 Å². The molecule has 0 saturated carbocycles. The van der Waals surface area contributed by atoms with Crippen molar-refractivity contribution in [3.63, 3.8) is 0 Å². The van der Waals surface area contributed by atoms with Gasteiger partial charge >= 0.3 is 5.97 Å². The summed E-state index contributed by atoms with van der Waals surface area (Å²) in [6.45, 7) is 5.46. The topological polar surface area (TPSA) is 29.5 Å². The monoisotopic (exact) mass is 309 g/mol. The molecule has 1 aromatic rings. The highest BCUT2D eigenvalue weighted by Crippen LogP contribution is 2.32. The van der Waals surface area contributed by atoms with Crippen molar-refractivity contribution >= 4 is 17.6 Å². The van der Waals surface area contributed by atoms with Gasteiger partial charge in [-0.1, -0.05) is 29.8 Å². The summed E-state index contributed by atoms with van der Waals surface area (Å²) in [5, 5.41) is 0.887. The number of carbonyl (C=O) groups excluding carboxylic acids is 1. The first-order valence-electron chi connectivity index (χ1n) is 7.83. The second kappa shape index (κ2) is 8.40. The van der Waals surface area contributed by atoms with Gasteiger partial charge in [-0.15, -0.1) is 0 Å². The van der Waals surface area contributed by atoms with Crippen molar-refractivity contribution < 1.29 is 9.53 Å². The van der Waals surface area contributed by atoms with Crippen LogP contribution in [0.2, 0.25) is 5.02 Å². The smallest absolute Gasteiger partial charge is 0.305 e. The minimum atomic E-state index is -0.0801. The molecule has 0 amide bonds. The van der Waals surface area contributed by atoms with Crippen LogP contribution in [0.5, 0.6) is 0 Å². The summed E-state index contributed by atoms with van der Waals surface area (Å²) in [5.41, 5.74) is 1.28. The minimum Gasteiger partial charge on any atom is -0.466 e. The van der Waals surface area contributed by atoms with E-state index in [9.17, 15) is 4.79 Å². The maximum absolute atomic E-state index is 11.3. The van der Waals surface area contributed by atoms with Crippen molar-refractivity contribution in [2.24, 2.45) is 0 Å². The van der Waals surface area contributed by atoms with Crippen molar-refractivity contribution in [3.05, 3.63) is 34.9 Å². The maximum atomic E-state index is 11.3. The fourth-order valence-electron chi connectivity index (χ4n) is 2.95. The van der Waals surface area contributed by atoms with Gasteiger partial charge in [-0.25, -0.2) is 0 Å². The van der Waals surface area contributed by atoms with Gasteiger partial charge in [0.15, 0.2) is 0 Å². The predicted octanol–water partition coefficient (Wildman–Crippen LogP) is 3.86. The molecule has 4 heteroatoms. The van der Waals surface area contributed by atoms with E-state index in [4.69, 9.17) is 16.3 Å². The van der Waals surface area contributed by atoms with Crippen molar-refractivity contribution in [2.75, 3.05) is 26.2 Å². The molecule has 1 aliphatic heterocycles. The van der Waals surface area contributed by atoms with E-state index in [0.717, 1.165) is 43.9 Å². The number of rotatable bonds is 6. The second-order valence-electron chi connectivity index (χ2n) is 5.55. The lowest BCUT2D eigenvalue weighted by atomic mass is 9.89. The molecule has 2 rings (SSSR count). The van der Waals surface area contributed by atoms with Crippen molar-refractivity contribution in [1.82, 2.24) is 4.90 Å². The molecule has 1 aromatic carbocycles. The molecule has 0 unspecified atom stereocenters. The molecule has 0 bridgehead atoms. The minimum absolute atomic E-state index is 0.0801. The van der Waals surface area contributed by atoms with E-state index < -0.39 is 0 Å². The first kappa shape index (κ1) is 16.3. The van der Waals surface area contributed by atoms with E-state index >= 15 is 0 Å². The van der Waals surface area contributed by atoms with Crippen LogP contribution in [0.1, 0.15) is 44.1 Å². The molecule has 1 fully saturated rings. The fraction of sp³-hybridized carbons (Fsp3) is 0.588. The summed E-state index contributed by atoms with van der Waals surface area (Å²) in [6, 6.07) is 8.16. The molecule has 3 nitrogen and oxygen atoms in total. The van der Waals surface area contributed by atoms with Crippen LogP contribution in [0.15, 0.2) is 24.3 Å². The van der Waals surface area contributed by atoms with Gasteiger partial charge in [-0.2, -0.15) is 0 Å². The van der Waals surface area contributed by atoms with Gasteiger partial charge in [0, 0.05) is 11.4 Å². The van der Waals surface area contributed by atoms with Gasteiger partial charge in [-0.3, -0.25) is 4.79 Å². The number of nitrogens with zero attached hydrogens (tertiary/aromatic N) is 1.